The van der Waals surface area contributed by atoms with E-state index in [1.165, 1.54) is 0 Å². The van der Waals surface area contributed by atoms with Crippen LogP contribution in [0.5, 0.6) is 5.75 Å². The van der Waals surface area contributed by atoms with Crippen LogP contribution in [-0.4, -0.2) is 45.3 Å². The highest BCUT2D eigenvalue weighted by atomic mass is 16.5. The molecule has 1 N–H and O–H groups in total. The molecule has 34 heavy (non-hydrogen) atoms. The Kier molecular flexibility index (Phi) is 5.43. The molecule has 0 bridgehead atoms. The van der Waals surface area contributed by atoms with Crippen molar-refractivity contribution in [2.45, 2.75) is 38.8 Å². The topological polar surface area (TPSA) is 93.5 Å². The maximum absolute atomic E-state index is 13.0. The fraction of sp³-hybridized carbons (Fsp3) is 0.308. The second-order valence-electron chi connectivity index (χ2n) is 8.71. The lowest BCUT2D eigenvalue weighted by Crippen LogP contribution is -2.52. The van der Waals surface area contributed by atoms with E-state index in [9.17, 15) is 14.4 Å². The van der Waals surface area contributed by atoms with Crippen LogP contribution in [0.25, 0.3) is 22.6 Å². The van der Waals surface area contributed by atoms with Crippen molar-refractivity contribution >= 4 is 17.7 Å². The third kappa shape index (κ3) is 3.65. The zero-order valence-electron chi connectivity index (χ0n) is 19.4. The molecular weight excluding hydrogens is 432 g/mol. The highest BCUT2D eigenvalue weighted by molar-refractivity contribution is 6.05. The molecule has 0 aliphatic carbocycles. The highest BCUT2D eigenvalue weighted by Crippen LogP contribution is 2.33. The zero-order valence-corrected chi connectivity index (χ0v) is 19.4. The molecule has 1 aromatic heterocycles. The molecule has 2 aliphatic heterocycles. The monoisotopic (exact) mass is 458 g/mol. The number of hydrogen-bond donors (Lipinski definition) is 1. The Labute approximate surface area is 197 Å². The van der Waals surface area contributed by atoms with Crippen molar-refractivity contribution < 1.29 is 19.1 Å². The number of nitrogens with zero attached hydrogens (tertiary/aromatic N) is 3. The van der Waals surface area contributed by atoms with E-state index < -0.39 is 11.9 Å². The summed E-state index contributed by atoms with van der Waals surface area (Å²) in [6.07, 6.45) is 3.42. The number of amides is 3. The summed E-state index contributed by atoms with van der Waals surface area (Å²) in [6.45, 7) is 2.43. The molecule has 174 valence electrons. The summed E-state index contributed by atoms with van der Waals surface area (Å²) in [5.74, 6) is 0.834. The molecule has 3 aromatic rings. The first-order valence-electron chi connectivity index (χ1n) is 11.4. The van der Waals surface area contributed by atoms with E-state index in [1.807, 2.05) is 42.1 Å². The molecule has 2 aromatic carbocycles. The number of methoxy groups -OCH3 is 1. The van der Waals surface area contributed by atoms with Gasteiger partial charge in [-0.3, -0.25) is 19.7 Å². The molecule has 5 rings (SSSR count). The molecule has 8 nitrogen and oxygen atoms in total. The lowest BCUT2D eigenvalue weighted by molar-refractivity contribution is -0.136. The Morgan fingerprint density at radius 1 is 1.12 bits per heavy atom. The van der Waals surface area contributed by atoms with Gasteiger partial charge in [0.15, 0.2) is 0 Å². The highest BCUT2D eigenvalue weighted by Gasteiger charge is 2.39. The van der Waals surface area contributed by atoms with E-state index in [1.54, 1.807) is 18.1 Å². The smallest absolute Gasteiger partial charge is 0.255 e. The van der Waals surface area contributed by atoms with Crippen molar-refractivity contribution in [1.82, 2.24) is 19.8 Å². The Bertz CT molecular complexity index is 1330. The number of hydrogen-bond acceptors (Lipinski definition) is 5. The fourth-order valence-electron chi connectivity index (χ4n) is 4.80. The van der Waals surface area contributed by atoms with E-state index in [-0.39, 0.29) is 18.2 Å². The minimum absolute atomic E-state index is 0.178. The molecule has 3 amide bonds. The van der Waals surface area contributed by atoms with Crippen LogP contribution in [0, 0.1) is 0 Å². The predicted molar refractivity (Wildman–Crippen MR) is 126 cm³/mol. The van der Waals surface area contributed by atoms with Crippen molar-refractivity contribution in [3.8, 4) is 28.4 Å². The van der Waals surface area contributed by atoms with Gasteiger partial charge in [-0.25, -0.2) is 4.98 Å². The largest absolute Gasteiger partial charge is 0.496 e. The number of rotatable bonds is 5. The molecule has 1 atom stereocenters. The SMILES string of the molecule is CCc1cc(-c2nc(-c3ccc4c(c3)CN(C3CCC(=O)NC3=O)C4=O)cn2C)ccc1OC. The van der Waals surface area contributed by atoms with Gasteiger partial charge in [0.2, 0.25) is 11.8 Å². The van der Waals surface area contributed by atoms with E-state index in [4.69, 9.17) is 9.72 Å². The number of ether oxygens (including phenoxy) is 1. The van der Waals surface area contributed by atoms with Gasteiger partial charge in [-0.05, 0) is 54.3 Å². The number of carbonyl (C=O) groups is 3. The van der Waals surface area contributed by atoms with Crippen LogP contribution in [0.3, 0.4) is 0 Å². The molecule has 3 heterocycles. The first-order chi connectivity index (χ1) is 16.4. The van der Waals surface area contributed by atoms with Crippen LogP contribution in [0.4, 0.5) is 0 Å². The fourth-order valence-corrected chi connectivity index (χ4v) is 4.80. The number of nitrogens with one attached hydrogen (secondary N) is 1. The van der Waals surface area contributed by atoms with E-state index >= 15 is 0 Å². The van der Waals surface area contributed by atoms with Gasteiger partial charge < -0.3 is 14.2 Å². The minimum Gasteiger partial charge on any atom is -0.496 e. The summed E-state index contributed by atoms with van der Waals surface area (Å²) in [4.78, 5) is 43.2. The molecule has 8 heteroatoms. The van der Waals surface area contributed by atoms with Crippen LogP contribution < -0.4 is 10.1 Å². The first-order valence-corrected chi connectivity index (χ1v) is 11.4. The predicted octanol–water partition coefficient (Wildman–Crippen LogP) is 3.09. The number of aryl methyl sites for hydroxylation is 2. The molecule has 1 fully saturated rings. The van der Waals surface area contributed by atoms with Crippen LogP contribution in [0.2, 0.25) is 0 Å². The van der Waals surface area contributed by atoms with E-state index in [0.717, 1.165) is 45.9 Å². The average molecular weight is 459 g/mol. The van der Waals surface area contributed by atoms with Crippen molar-refractivity contribution in [3.63, 3.8) is 0 Å². The summed E-state index contributed by atoms with van der Waals surface area (Å²) in [5, 5.41) is 2.34. The van der Waals surface area contributed by atoms with Crippen molar-refractivity contribution in [2.75, 3.05) is 7.11 Å². The molecule has 0 spiro atoms. The van der Waals surface area contributed by atoms with Crippen molar-refractivity contribution in [3.05, 3.63) is 59.3 Å². The third-order valence-corrected chi connectivity index (χ3v) is 6.62. The van der Waals surface area contributed by atoms with Gasteiger partial charge in [0.1, 0.15) is 17.6 Å². The summed E-state index contributed by atoms with van der Waals surface area (Å²) < 4.78 is 7.44. The summed E-state index contributed by atoms with van der Waals surface area (Å²) in [5.41, 5.74) is 5.29. The second kappa shape index (κ2) is 8.44. The number of piperidine rings is 1. The number of aromatic nitrogens is 2. The molecule has 0 saturated carbocycles. The number of carbonyl (C=O) groups excluding carboxylic acids is 3. The quantitative estimate of drug-likeness (QED) is 0.593. The van der Waals surface area contributed by atoms with Crippen molar-refractivity contribution in [1.29, 1.82) is 0 Å². The van der Waals surface area contributed by atoms with Crippen molar-refractivity contribution in [2.24, 2.45) is 7.05 Å². The van der Waals surface area contributed by atoms with Crippen LogP contribution in [-0.2, 0) is 29.6 Å². The van der Waals surface area contributed by atoms with Gasteiger partial charge in [-0.15, -0.1) is 0 Å². The van der Waals surface area contributed by atoms with Crippen LogP contribution in [0.15, 0.2) is 42.6 Å². The number of fused-ring (bicyclic) bond motifs is 1. The van der Waals surface area contributed by atoms with Gasteiger partial charge >= 0.3 is 0 Å². The number of imidazole rings is 1. The van der Waals surface area contributed by atoms with Gasteiger partial charge in [0, 0.05) is 42.9 Å². The standard InChI is InChI=1S/C26H26N4O4/c1-4-15-11-17(6-9-22(15)34-3)24-27-20(14-29(24)2)16-5-7-19-18(12-16)13-30(26(19)33)21-8-10-23(31)28-25(21)32/h5-7,9,11-12,14,21H,4,8,10,13H2,1-3H3,(H,28,31,32). The van der Waals surface area contributed by atoms with Crippen LogP contribution >= 0.6 is 0 Å². The molecule has 2 aliphatic rings. The summed E-state index contributed by atoms with van der Waals surface area (Å²) in [6, 6.07) is 11.1. The van der Waals surface area contributed by atoms with Gasteiger partial charge in [-0.2, -0.15) is 0 Å². The van der Waals surface area contributed by atoms with Gasteiger partial charge in [-0.1, -0.05) is 13.0 Å². The second-order valence-corrected chi connectivity index (χ2v) is 8.71. The minimum atomic E-state index is -0.620. The van der Waals surface area contributed by atoms with E-state index in [0.29, 0.717) is 18.5 Å². The Morgan fingerprint density at radius 3 is 2.65 bits per heavy atom. The van der Waals surface area contributed by atoms with E-state index in [2.05, 4.69) is 18.3 Å². The maximum Gasteiger partial charge on any atom is 0.255 e. The Morgan fingerprint density at radius 2 is 1.91 bits per heavy atom. The Hall–Kier alpha value is -3.94. The lowest BCUT2D eigenvalue weighted by atomic mass is 10.0. The first kappa shape index (κ1) is 21.9. The normalized spacial score (nSPS) is 17.7. The lowest BCUT2D eigenvalue weighted by Gasteiger charge is -2.29. The number of imide groups is 1. The molecule has 1 saturated heterocycles. The average Bonchev–Trinajstić information content (AvgIpc) is 3.38. The summed E-state index contributed by atoms with van der Waals surface area (Å²) >= 11 is 0. The maximum atomic E-state index is 13.0. The Balaban J connectivity index is 1.43. The molecule has 0 radical (unpaired) electrons. The van der Waals surface area contributed by atoms with Gasteiger partial charge in [0.05, 0.1) is 12.8 Å². The zero-order chi connectivity index (χ0) is 24.0. The van der Waals surface area contributed by atoms with Gasteiger partial charge in [0.25, 0.3) is 5.91 Å². The van der Waals surface area contributed by atoms with Crippen LogP contribution in [0.1, 0.15) is 41.3 Å². The summed E-state index contributed by atoms with van der Waals surface area (Å²) in [7, 11) is 3.64. The molecular formula is C26H26N4O4. The third-order valence-electron chi connectivity index (χ3n) is 6.62. The molecule has 1 unspecified atom stereocenters. The number of benzene rings is 2.